The van der Waals surface area contributed by atoms with E-state index in [-0.39, 0.29) is 41.6 Å². The van der Waals surface area contributed by atoms with E-state index in [4.69, 9.17) is 4.52 Å². The summed E-state index contributed by atoms with van der Waals surface area (Å²) in [5, 5.41) is 9.11. The number of hydrogen-bond donors (Lipinski definition) is 2. The zero-order valence-electron chi connectivity index (χ0n) is 14.9. The first-order valence-electron chi connectivity index (χ1n) is 8.79. The lowest BCUT2D eigenvalue weighted by Crippen LogP contribution is -2.47. The predicted octanol–water partition coefficient (Wildman–Crippen LogP) is 0.0869. The maximum atomic E-state index is 12.9. The normalized spacial score (nSPS) is 21.4. The zero-order chi connectivity index (χ0) is 18.9. The van der Waals surface area contributed by atoms with Crippen LogP contribution in [0.25, 0.3) is 0 Å². The predicted molar refractivity (Wildman–Crippen MR) is 91.6 cm³/mol. The Bertz CT molecular complexity index is 780. The molecule has 1 atom stereocenters. The van der Waals surface area contributed by atoms with Gasteiger partial charge < -0.3 is 15.2 Å². The Hall–Kier alpha value is -1.94. The molecule has 0 spiro atoms. The van der Waals surface area contributed by atoms with Crippen molar-refractivity contribution in [3.05, 3.63) is 11.5 Å². The van der Waals surface area contributed by atoms with Gasteiger partial charge in [0, 0.05) is 19.1 Å². The first-order valence-corrected chi connectivity index (χ1v) is 10.2. The molecule has 2 fully saturated rings. The number of rotatable bonds is 6. The Morgan fingerprint density at radius 2 is 2.00 bits per heavy atom. The Morgan fingerprint density at radius 1 is 1.27 bits per heavy atom. The molecule has 9 nitrogen and oxygen atoms in total. The van der Waals surface area contributed by atoms with Crippen LogP contribution in [0, 0.1) is 19.8 Å². The number of aryl methyl sites for hydroxylation is 2. The van der Waals surface area contributed by atoms with E-state index in [9.17, 15) is 18.0 Å². The van der Waals surface area contributed by atoms with Crippen molar-refractivity contribution >= 4 is 21.8 Å². The highest BCUT2D eigenvalue weighted by Crippen LogP contribution is 2.27. The summed E-state index contributed by atoms with van der Waals surface area (Å²) in [5.74, 6) is -0.745. The number of carbonyl (C=O) groups excluding carboxylic acids is 2. The van der Waals surface area contributed by atoms with Crippen LogP contribution in [0.1, 0.15) is 37.1 Å². The molecule has 1 aromatic heterocycles. The number of amides is 2. The van der Waals surface area contributed by atoms with Crippen LogP contribution in [0.15, 0.2) is 9.42 Å². The summed E-state index contributed by atoms with van der Waals surface area (Å²) in [6.45, 7) is 3.48. The molecule has 2 heterocycles. The van der Waals surface area contributed by atoms with Crippen molar-refractivity contribution in [2.45, 2.75) is 50.5 Å². The highest BCUT2D eigenvalue weighted by molar-refractivity contribution is 7.89. The van der Waals surface area contributed by atoms with Gasteiger partial charge in [-0.15, -0.1) is 0 Å². The molecule has 1 aromatic rings. The summed E-state index contributed by atoms with van der Waals surface area (Å²) in [6.07, 6.45) is 3.13. The third-order valence-electron chi connectivity index (χ3n) is 4.69. The van der Waals surface area contributed by atoms with Crippen molar-refractivity contribution in [1.29, 1.82) is 0 Å². The van der Waals surface area contributed by atoms with Gasteiger partial charge in [0.25, 0.3) is 0 Å². The van der Waals surface area contributed by atoms with E-state index in [2.05, 4.69) is 15.8 Å². The average molecular weight is 384 g/mol. The van der Waals surface area contributed by atoms with Gasteiger partial charge in [-0.3, -0.25) is 9.59 Å². The number of piperidine rings is 1. The molecule has 2 N–H and O–H groups in total. The molecule has 3 rings (SSSR count). The Labute approximate surface area is 152 Å². The summed E-state index contributed by atoms with van der Waals surface area (Å²) in [4.78, 5) is 24.1. The Balaban J connectivity index is 1.61. The Kier molecular flexibility index (Phi) is 5.33. The molecular weight excluding hydrogens is 360 g/mol. The summed E-state index contributed by atoms with van der Waals surface area (Å²) in [7, 11) is -3.77. The van der Waals surface area contributed by atoms with Crippen molar-refractivity contribution in [3.8, 4) is 0 Å². The van der Waals surface area contributed by atoms with Gasteiger partial charge in [0.1, 0.15) is 10.6 Å². The topological polar surface area (TPSA) is 122 Å². The molecule has 2 aliphatic rings. The van der Waals surface area contributed by atoms with Crippen molar-refractivity contribution in [2.75, 3.05) is 19.6 Å². The fourth-order valence-corrected chi connectivity index (χ4v) is 4.98. The highest BCUT2D eigenvalue weighted by Gasteiger charge is 2.36. The van der Waals surface area contributed by atoms with Crippen LogP contribution in [0.5, 0.6) is 0 Å². The van der Waals surface area contributed by atoms with Crippen LogP contribution < -0.4 is 10.6 Å². The second-order valence-electron chi connectivity index (χ2n) is 6.92. The summed E-state index contributed by atoms with van der Waals surface area (Å²) in [6, 6.07) is 0.241. The lowest BCUT2D eigenvalue weighted by molar-refractivity contribution is -0.129. The molecule has 144 valence electrons. The molecule has 1 saturated carbocycles. The molecule has 0 radical (unpaired) electrons. The fraction of sp³-hybridized carbons (Fsp3) is 0.688. The van der Waals surface area contributed by atoms with E-state index in [0.29, 0.717) is 25.1 Å². The molecule has 10 heteroatoms. The minimum Gasteiger partial charge on any atom is -0.360 e. The molecular formula is C16H24N4O5S. The molecule has 1 aliphatic heterocycles. The summed E-state index contributed by atoms with van der Waals surface area (Å²) in [5.41, 5.74) is 0.311. The summed E-state index contributed by atoms with van der Waals surface area (Å²) >= 11 is 0. The van der Waals surface area contributed by atoms with E-state index in [0.717, 1.165) is 12.8 Å². The third kappa shape index (κ3) is 4.07. The average Bonchev–Trinajstić information content (AvgIpc) is 3.35. The maximum absolute atomic E-state index is 12.9. The minimum atomic E-state index is -3.77. The SMILES string of the molecule is Cc1noc(C)c1S(=O)(=O)N1CCC[C@H](C(=O)NCC(=O)NC2CC2)C1. The summed E-state index contributed by atoms with van der Waals surface area (Å²) < 4.78 is 32.0. The number of aromatic nitrogens is 1. The van der Waals surface area contributed by atoms with Crippen LogP contribution in [0.4, 0.5) is 0 Å². The molecule has 1 saturated heterocycles. The van der Waals surface area contributed by atoms with Crippen molar-refractivity contribution in [1.82, 2.24) is 20.1 Å². The van der Waals surface area contributed by atoms with Gasteiger partial charge in [0.15, 0.2) is 5.76 Å². The van der Waals surface area contributed by atoms with Gasteiger partial charge in [-0.05, 0) is 39.5 Å². The second kappa shape index (κ2) is 7.36. The van der Waals surface area contributed by atoms with Gasteiger partial charge in [0.2, 0.25) is 21.8 Å². The van der Waals surface area contributed by atoms with Crippen LogP contribution >= 0.6 is 0 Å². The van der Waals surface area contributed by atoms with E-state index in [1.807, 2.05) is 0 Å². The van der Waals surface area contributed by atoms with Gasteiger partial charge >= 0.3 is 0 Å². The van der Waals surface area contributed by atoms with E-state index in [1.54, 1.807) is 13.8 Å². The van der Waals surface area contributed by atoms with Gasteiger partial charge in [-0.25, -0.2) is 8.42 Å². The lowest BCUT2D eigenvalue weighted by atomic mass is 9.99. The van der Waals surface area contributed by atoms with Gasteiger partial charge in [-0.2, -0.15) is 4.31 Å². The van der Waals surface area contributed by atoms with Crippen molar-refractivity contribution < 1.29 is 22.5 Å². The standard InChI is InChI=1S/C16H24N4O5S/c1-10-15(11(2)25-19-10)26(23,24)20-7-3-4-12(9-20)16(22)17-8-14(21)18-13-5-6-13/h12-13H,3-9H2,1-2H3,(H,17,22)(H,18,21)/t12-/m0/s1. The molecule has 2 amide bonds. The van der Waals surface area contributed by atoms with E-state index in [1.165, 1.54) is 4.31 Å². The molecule has 0 aromatic carbocycles. The Morgan fingerprint density at radius 3 is 2.62 bits per heavy atom. The van der Waals surface area contributed by atoms with Crippen LogP contribution in [0.3, 0.4) is 0 Å². The number of hydrogen-bond acceptors (Lipinski definition) is 6. The maximum Gasteiger partial charge on any atom is 0.248 e. The number of carbonyl (C=O) groups is 2. The second-order valence-corrected chi connectivity index (χ2v) is 8.79. The van der Waals surface area contributed by atoms with Gasteiger partial charge in [0.05, 0.1) is 12.5 Å². The largest absolute Gasteiger partial charge is 0.360 e. The van der Waals surface area contributed by atoms with Crippen LogP contribution in [0.2, 0.25) is 0 Å². The van der Waals surface area contributed by atoms with Crippen molar-refractivity contribution in [3.63, 3.8) is 0 Å². The minimum absolute atomic E-state index is 0.0716. The first kappa shape index (κ1) is 18.8. The molecule has 0 unspecified atom stereocenters. The van der Waals surface area contributed by atoms with Crippen LogP contribution in [-0.2, 0) is 19.6 Å². The molecule has 0 bridgehead atoms. The highest BCUT2D eigenvalue weighted by atomic mass is 32.2. The van der Waals surface area contributed by atoms with Crippen molar-refractivity contribution in [2.24, 2.45) is 5.92 Å². The molecule has 26 heavy (non-hydrogen) atoms. The fourth-order valence-electron chi connectivity index (χ4n) is 3.16. The zero-order valence-corrected chi connectivity index (χ0v) is 15.8. The monoisotopic (exact) mass is 384 g/mol. The smallest absolute Gasteiger partial charge is 0.248 e. The number of nitrogens with zero attached hydrogens (tertiary/aromatic N) is 2. The van der Waals surface area contributed by atoms with Gasteiger partial charge in [-0.1, -0.05) is 5.16 Å². The van der Waals surface area contributed by atoms with E-state index < -0.39 is 15.9 Å². The van der Waals surface area contributed by atoms with E-state index >= 15 is 0 Å². The number of nitrogens with one attached hydrogen (secondary N) is 2. The quantitative estimate of drug-likeness (QED) is 0.717. The first-order chi connectivity index (χ1) is 12.3. The van der Waals surface area contributed by atoms with Crippen LogP contribution in [-0.4, -0.2) is 55.4 Å². The molecule has 1 aliphatic carbocycles. The third-order valence-corrected chi connectivity index (χ3v) is 6.80. The number of sulfonamides is 1. The lowest BCUT2D eigenvalue weighted by Gasteiger charge is -2.31.